The van der Waals surface area contributed by atoms with Crippen LogP contribution in [0.2, 0.25) is 5.02 Å². The summed E-state index contributed by atoms with van der Waals surface area (Å²) in [5, 5.41) is 0.616. The molecule has 3 aliphatic heterocycles. The van der Waals surface area contributed by atoms with Gasteiger partial charge in [0.25, 0.3) is 0 Å². The number of hydrogen-bond donors (Lipinski definition) is 0. The van der Waals surface area contributed by atoms with Crippen molar-refractivity contribution in [3.63, 3.8) is 0 Å². The summed E-state index contributed by atoms with van der Waals surface area (Å²) in [6.07, 6.45) is 2.72. The molecule has 0 radical (unpaired) electrons. The zero-order valence-electron chi connectivity index (χ0n) is 18.6. The van der Waals surface area contributed by atoms with E-state index in [4.69, 9.17) is 16.3 Å². The Morgan fingerprint density at radius 3 is 2.73 bits per heavy atom. The molecule has 1 atom stereocenters. The normalized spacial score (nSPS) is 21.4. The van der Waals surface area contributed by atoms with E-state index < -0.39 is 0 Å². The molecular formula is C25H27ClFN3O3. The van der Waals surface area contributed by atoms with E-state index in [0.29, 0.717) is 23.8 Å². The summed E-state index contributed by atoms with van der Waals surface area (Å²) < 4.78 is 20.0. The number of carbonyl (C=O) groups excluding carboxylic acids is 2. The molecule has 2 aromatic carbocycles. The van der Waals surface area contributed by atoms with E-state index >= 15 is 0 Å². The first-order valence-electron chi connectivity index (χ1n) is 11.5. The Bertz CT molecular complexity index is 1090. The molecule has 174 valence electrons. The Morgan fingerprint density at radius 2 is 1.94 bits per heavy atom. The predicted molar refractivity (Wildman–Crippen MR) is 125 cm³/mol. The van der Waals surface area contributed by atoms with Crippen molar-refractivity contribution >= 4 is 35.0 Å². The number of hydrogen-bond acceptors (Lipinski definition) is 4. The minimum atomic E-state index is -0.339. The maximum atomic E-state index is 14.6. The number of ether oxygens (including phenoxy) is 1. The molecule has 3 heterocycles. The van der Waals surface area contributed by atoms with Crippen LogP contribution in [0.5, 0.6) is 0 Å². The minimum absolute atomic E-state index is 0.00356. The first-order chi connectivity index (χ1) is 15.9. The molecule has 0 aliphatic carbocycles. The number of rotatable bonds is 3. The van der Waals surface area contributed by atoms with Gasteiger partial charge in [0.1, 0.15) is 12.4 Å². The van der Waals surface area contributed by atoms with Gasteiger partial charge in [0.15, 0.2) is 0 Å². The lowest BCUT2D eigenvalue weighted by atomic mass is 9.96. The summed E-state index contributed by atoms with van der Waals surface area (Å²) in [7, 11) is 0. The highest BCUT2D eigenvalue weighted by Crippen LogP contribution is 2.35. The van der Waals surface area contributed by atoms with Crippen molar-refractivity contribution in [1.82, 2.24) is 4.90 Å². The molecule has 1 unspecified atom stereocenters. The van der Waals surface area contributed by atoms with Crippen molar-refractivity contribution in [3.05, 3.63) is 58.4 Å². The fraction of sp³-hybridized carbons (Fsp3) is 0.440. The average Bonchev–Trinajstić information content (AvgIpc) is 2.80. The third-order valence-corrected chi connectivity index (χ3v) is 7.22. The summed E-state index contributed by atoms with van der Waals surface area (Å²) in [4.78, 5) is 31.3. The highest BCUT2D eigenvalue weighted by Gasteiger charge is 2.36. The van der Waals surface area contributed by atoms with Gasteiger partial charge in [0.05, 0.1) is 17.9 Å². The maximum absolute atomic E-state index is 14.6. The molecule has 0 saturated carbocycles. The highest BCUT2D eigenvalue weighted by atomic mass is 35.5. The van der Waals surface area contributed by atoms with Gasteiger partial charge in [-0.25, -0.2) is 9.18 Å². The predicted octanol–water partition coefficient (Wildman–Crippen LogP) is 4.77. The van der Waals surface area contributed by atoms with Crippen LogP contribution in [0.15, 0.2) is 36.4 Å². The number of para-hydroxylation sites is 1. The number of likely N-dealkylation sites (tertiary alicyclic amines) is 1. The van der Waals surface area contributed by atoms with E-state index in [1.54, 1.807) is 21.9 Å². The van der Waals surface area contributed by atoms with Crippen molar-refractivity contribution in [2.75, 3.05) is 29.4 Å². The van der Waals surface area contributed by atoms with E-state index in [0.717, 1.165) is 42.5 Å². The quantitative estimate of drug-likeness (QED) is 0.647. The summed E-state index contributed by atoms with van der Waals surface area (Å²) >= 11 is 6.10. The Kier molecular flexibility index (Phi) is 6.01. The Morgan fingerprint density at radius 1 is 1.15 bits per heavy atom. The zero-order valence-corrected chi connectivity index (χ0v) is 19.4. The van der Waals surface area contributed by atoms with Crippen LogP contribution in [-0.4, -0.2) is 48.6 Å². The molecule has 6 nitrogen and oxygen atoms in total. The standard InChI is InChI=1S/C25H27ClFN3O3/c1-16-5-6-17-3-2-4-21(27)24(17)29(16)23(31)14-28-11-9-20(10-12-28)30-22-8-7-19(26)13-18(22)15-33-25(30)32/h2-4,7-8,13,16,20H,5-6,9-12,14-15H2,1H3. The molecule has 1 saturated heterocycles. The van der Waals surface area contributed by atoms with Crippen LogP contribution in [0.25, 0.3) is 0 Å². The summed E-state index contributed by atoms with van der Waals surface area (Å²) in [5.74, 6) is -0.419. The first-order valence-corrected chi connectivity index (χ1v) is 11.9. The number of cyclic esters (lactones) is 1. The van der Waals surface area contributed by atoms with Gasteiger partial charge in [-0.3, -0.25) is 14.6 Å². The number of piperidine rings is 1. The van der Waals surface area contributed by atoms with E-state index in [1.807, 2.05) is 25.1 Å². The van der Waals surface area contributed by atoms with Gasteiger partial charge >= 0.3 is 6.09 Å². The highest BCUT2D eigenvalue weighted by molar-refractivity contribution is 6.30. The monoisotopic (exact) mass is 471 g/mol. The van der Waals surface area contributed by atoms with Crippen LogP contribution in [0, 0.1) is 5.82 Å². The molecule has 2 amide bonds. The van der Waals surface area contributed by atoms with E-state index in [1.165, 1.54) is 6.07 Å². The molecule has 3 aliphatic rings. The molecule has 1 fully saturated rings. The van der Waals surface area contributed by atoms with Gasteiger partial charge in [-0.15, -0.1) is 0 Å². The number of fused-ring (bicyclic) bond motifs is 2. The lowest BCUT2D eigenvalue weighted by molar-refractivity contribution is -0.120. The third-order valence-electron chi connectivity index (χ3n) is 6.98. The van der Waals surface area contributed by atoms with Gasteiger partial charge in [-0.05, 0) is 62.4 Å². The minimum Gasteiger partial charge on any atom is -0.444 e. The van der Waals surface area contributed by atoms with E-state index in [2.05, 4.69) is 4.90 Å². The third kappa shape index (κ3) is 4.20. The average molecular weight is 472 g/mol. The van der Waals surface area contributed by atoms with Crippen molar-refractivity contribution < 1.29 is 18.7 Å². The van der Waals surface area contributed by atoms with Gasteiger partial charge in [-0.2, -0.15) is 0 Å². The lowest BCUT2D eigenvalue weighted by Crippen LogP contribution is -2.52. The van der Waals surface area contributed by atoms with Crippen LogP contribution >= 0.6 is 11.6 Å². The number of amides is 2. The lowest BCUT2D eigenvalue weighted by Gasteiger charge is -2.41. The zero-order chi connectivity index (χ0) is 23.1. The molecule has 0 spiro atoms. The van der Waals surface area contributed by atoms with Crippen molar-refractivity contribution in [2.24, 2.45) is 0 Å². The van der Waals surface area contributed by atoms with Gasteiger partial charge in [-0.1, -0.05) is 23.7 Å². The summed E-state index contributed by atoms with van der Waals surface area (Å²) in [5.41, 5.74) is 3.07. The van der Waals surface area contributed by atoms with Gasteiger partial charge < -0.3 is 9.64 Å². The smallest absolute Gasteiger partial charge is 0.414 e. The molecule has 33 heavy (non-hydrogen) atoms. The van der Waals surface area contributed by atoms with E-state index in [9.17, 15) is 14.0 Å². The van der Waals surface area contributed by atoms with E-state index in [-0.39, 0.29) is 43.1 Å². The second-order valence-electron chi connectivity index (χ2n) is 9.10. The maximum Gasteiger partial charge on any atom is 0.414 e. The largest absolute Gasteiger partial charge is 0.444 e. The number of nitrogens with zero attached hydrogens (tertiary/aromatic N) is 3. The fourth-order valence-corrected chi connectivity index (χ4v) is 5.47. The number of halogens is 2. The molecular weight excluding hydrogens is 445 g/mol. The van der Waals surface area contributed by atoms with Crippen LogP contribution in [-0.2, 0) is 22.6 Å². The molecule has 8 heteroatoms. The first kappa shape index (κ1) is 22.2. The van der Waals surface area contributed by atoms with Crippen molar-refractivity contribution in [2.45, 2.75) is 51.3 Å². The van der Waals surface area contributed by atoms with Gasteiger partial charge in [0.2, 0.25) is 5.91 Å². The molecule has 0 aromatic heterocycles. The molecule has 5 rings (SSSR count). The Hall–Kier alpha value is -2.64. The van der Waals surface area contributed by atoms with Crippen LogP contribution < -0.4 is 9.80 Å². The van der Waals surface area contributed by atoms with Crippen molar-refractivity contribution in [3.8, 4) is 0 Å². The summed E-state index contributed by atoms with van der Waals surface area (Å²) in [6.45, 7) is 3.79. The molecule has 0 bridgehead atoms. The number of benzene rings is 2. The number of carbonyl (C=O) groups is 2. The second-order valence-corrected chi connectivity index (χ2v) is 9.54. The molecule has 2 aromatic rings. The van der Waals surface area contributed by atoms with Crippen molar-refractivity contribution in [1.29, 1.82) is 0 Å². The number of anilines is 2. The Balaban J connectivity index is 1.26. The Labute approximate surface area is 197 Å². The van der Waals surface area contributed by atoms with Crippen LogP contribution in [0.4, 0.5) is 20.6 Å². The SMILES string of the molecule is CC1CCc2cccc(F)c2N1C(=O)CN1CCC(N2C(=O)OCc3cc(Cl)ccc32)CC1. The second kappa shape index (κ2) is 8.95. The molecule has 0 N–H and O–H groups in total. The fourth-order valence-electron chi connectivity index (χ4n) is 5.28. The number of aryl methyl sites for hydroxylation is 1. The van der Waals surface area contributed by atoms with Crippen LogP contribution in [0.1, 0.15) is 37.3 Å². The van der Waals surface area contributed by atoms with Gasteiger partial charge in [0, 0.05) is 35.8 Å². The topological polar surface area (TPSA) is 53.1 Å². The van der Waals surface area contributed by atoms with Crippen LogP contribution in [0.3, 0.4) is 0 Å². The summed E-state index contributed by atoms with van der Waals surface area (Å²) in [6, 6.07) is 10.5.